The summed E-state index contributed by atoms with van der Waals surface area (Å²) in [5, 5.41) is 0. The molecular weight excluding hydrogens is 223 g/mol. The molecule has 0 heterocycles. The van der Waals surface area contributed by atoms with Gasteiger partial charge in [-0.05, 0) is 25.5 Å². The highest BCUT2D eigenvalue weighted by atomic mass is 32.1. The maximum atomic E-state index is 11.0. The minimum Gasteiger partial charge on any atom is -0.302 e. The average molecular weight is 242 g/mol. The van der Waals surface area contributed by atoms with Crippen LogP contribution >= 0.6 is 20.5 Å². The average Bonchev–Trinajstić information content (AvgIpc) is 2.11. The van der Waals surface area contributed by atoms with Crippen molar-refractivity contribution in [2.75, 3.05) is 19.0 Å². The zero-order chi connectivity index (χ0) is 10.9. The van der Waals surface area contributed by atoms with Crippen LogP contribution in [-0.4, -0.2) is 23.9 Å². The Hall–Kier alpha value is 0.460. The molecule has 0 amide bonds. The van der Waals surface area contributed by atoms with Gasteiger partial charge in [-0.15, -0.1) is 0 Å². The predicted octanol–water partition coefficient (Wildman–Crippen LogP) is 2.63. The van der Waals surface area contributed by atoms with E-state index in [2.05, 4.69) is 17.2 Å². The first-order chi connectivity index (χ1) is 6.62. The molecule has 0 saturated carbocycles. The third-order valence-corrected chi connectivity index (χ3v) is 3.01. The number of hydrogen-bond donors (Lipinski definition) is 2. The maximum Gasteiger partial charge on any atom is 0.472 e. The van der Waals surface area contributed by atoms with E-state index in [1.54, 1.807) is 6.92 Å². The normalized spacial score (nSPS) is 15.4. The van der Waals surface area contributed by atoms with Gasteiger partial charge in [-0.25, -0.2) is 4.57 Å². The second-order valence-corrected chi connectivity index (χ2v) is 4.76. The fourth-order valence-electron chi connectivity index (χ4n) is 0.948. The highest BCUT2D eigenvalue weighted by Gasteiger charge is 2.18. The molecule has 6 heteroatoms. The maximum absolute atomic E-state index is 11.0. The molecule has 0 aromatic carbocycles. The minimum absolute atomic E-state index is 0.188. The minimum atomic E-state index is -3.76. The van der Waals surface area contributed by atoms with E-state index in [-0.39, 0.29) is 13.2 Å². The zero-order valence-electron chi connectivity index (χ0n) is 8.52. The molecule has 0 aliphatic heterocycles. The van der Waals surface area contributed by atoms with E-state index in [0.29, 0.717) is 0 Å². The highest BCUT2D eigenvalue weighted by molar-refractivity contribution is 7.80. The fourth-order valence-corrected chi connectivity index (χ4v) is 1.93. The van der Waals surface area contributed by atoms with Gasteiger partial charge in [-0.2, -0.15) is 12.6 Å². The molecule has 1 atom stereocenters. The molecule has 1 unspecified atom stereocenters. The Morgan fingerprint density at radius 2 is 1.86 bits per heavy atom. The van der Waals surface area contributed by atoms with Gasteiger partial charge in [0.05, 0.1) is 13.2 Å². The molecule has 4 nitrogen and oxygen atoms in total. The molecular formula is C8H19O4PS. The standard InChI is InChI=1S/C8H19O4PS/c1-2-11-13(9,10)12-7-5-3-4-6-8-14/h14H,2-8H2,1H3,(H,9,10). The molecule has 0 rings (SSSR count). The van der Waals surface area contributed by atoms with Gasteiger partial charge in [-0.3, -0.25) is 9.05 Å². The van der Waals surface area contributed by atoms with Crippen molar-refractivity contribution in [1.29, 1.82) is 0 Å². The number of rotatable bonds is 9. The van der Waals surface area contributed by atoms with E-state index in [4.69, 9.17) is 9.42 Å². The molecule has 14 heavy (non-hydrogen) atoms. The van der Waals surface area contributed by atoms with E-state index >= 15 is 0 Å². The molecule has 0 aromatic rings. The van der Waals surface area contributed by atoms with Crippen LogP contribution in [0.25, 0.3) is 0 Å². The van der Waals surface area contributed by atoms with Crippen LogP contribution in [0.1, 0.15) is 32.6 Å². The Morgan fingerprint density at radius 3 is 2.43 bits per heavy atom. The van der Waals surface area contributed by atoms with Crippen molar-refractivity contribution in [2.45, 2.75) is 32.6 Å². The Balaban J connectivity index is 3.30. The molecule has 0 bridgehead atoms. The topological polar surface area (TPSA) is 55.8 Å². The third-order valence-electron chi connectivity index (χ3n) is 1.60. The zero-order valence-corrected chi connectivity index (χ0v) is 10.3. The summed E-state index contributed by atoms with van der Waals surface area (Å²) in [6.07, 6.45) is 3.93. The monoisotopic (exact) mass is 242 g/mol. The molecule has 0 aromatic heterocycles. The summed E-state index contributed by atoms with van der Waals surface area (Å²) in [7, 11) is -3.76. The van der Waals surface area contributed by atoms with Crippen molar-refractivity contribution >= 4 is 20.5 Å². The van der Waals surface area contributed by atoms with Gasteiger partial charge in [0.15, 0.2) is 0 Å². The van der Waals surface area contributed by atoms with Crippen LogP contribution in [0.5, 0.6) is 0 Å². The first kappa shape index (κ1) is 14.5. The summed E-state index contributed by atoms with van der Waals surface area (Å²) in [6.45, 7) is 2.12. The Bertz CT molecular complexity index is 177. The first-order valence-corrected chi connectivity index (χ1v) is 6.98. The van der Waals surface area contributed by atoms with Crippen molar-refractivity contribution in [3.05, 3.63) is 0 Å². The van der Waals surface area contributed by atoms with Gasteiger partial charge in [0.2, 0.25) is 0 Å². The smallest absolute Gasteiger partial charge is 0.302 e. The van der Waals surface area contributed by atoms with Gasteiger partial charge in [0.1, 0.15) is 0 Å². The van der Waals surface area contributed by atoms with Crippen molar-refractivity contribution in [2.24, 2.45) is 0 Å². The lowest BCUT2D eigenvalue weighted by Gasteiger charge is -2.10. The van der Waals surface area contributed by atoms with Crippen LogP contribution in [0.4, 0.5) is 0 Å². The van der Waals surface area contributed by atoms with Crippen LogP contribution < -0.4 is 0 Å². The van der Waals surface area contributed by atoms with Crippen LogP contribution in [0, 0.1) is 0 Å². The lowest BCUT2D eigenvalue weighted by molar-refractivity contribution is 0.153. The van der Waals surface area contributed by atoms with Crippen LogP contribution in [0.3, 0.4) is 0 Å². The molecule has 0 spiro atoms. The van der Waals surface area contributed by atoms with Crippen LogP contribution in [0.2, 0.25) is 0 Å². The molecule has 0 fully saturated rings. The van der Waals surface area contributed by atoms with Crippen LogP contribution in [0.15, 0.2) is 0 Å². The van der Waals surface area contributed by atoms with Gasteiger partial charge >= 0.3 is 7.82 Å². The quantitative estimate of drug-likeness (QED) is 0.371. The molecule has 1 N–H and O–H groups in total. The second-order valence-electron chi connectivity index (χ2n) is 2.86. The van der Waals surface area contributed by atoms with E-state index in [0.717, 1.165) is 31.4 Å². The Labute approximate surface area is 91.0 Å². The van der Waals surface area contributed by atoms with E-state index in [9.17, 15) is 4.57 Å². The SMILES string of the molecule is CCOP(=O)(O)OCCCCCCS. The van der Waals surface area contributed by atoms with E-state index in [1.807, 2.05) is 0 Å². The lowest BCUT2D eigenvalue weighted by atomic mass is 10.2. The van der Waals surface area contributed by atoms with Crippen molar-refractivity contribution in [3.63, 3.8) is 0 Å². The number of phosphoric ester groups is 1. The number of unbranched alkanes of at least 4 members (excludes halogenated alkanes) is 3. The number of thiol groups is 1. The largest absolute Gasteiger partial charge is 0.472 e. The lowest BCUT2D eigenvalue weighted by Crippen LogP contribution is -1.96. The van der Waals surface area contributed by atoms with Gasteiger partial charge in [-0.1, -0.05) is 12.8 Å². The van der Waals surface area contributed by atoms with Crippen molar-refractivity contribution in [3.8, 4) is 0 Å². The van der Waals surface area contributed by atoms with Gasteiger partial charge < -0.3 is 4.89 Å². The Morgan fingerprint density at radius 1 is 1.21 bits per heavy atom. The Kier molecular flexibility index (Phi) is 9.03. The first-order valence-electron chi connectivity index (χ1n) is 4.85. The second kappa shape index (κ2) is 8.74. The molecule has 0 saturated heterocycles. The fraction of sp³-hybridized carbons (Fsp3) is 1.00. The summed E-state index contributed by atoms with van der Waals surface area (Å²) in [5.41, 5.74) is 0. The molecule has 0 aliphatic carbocycles. The van der Waals surface area contributed by atoms with Crippen molar-refractivity contribution in [1.82, 2.24) is 0 Å². The van der Waals surface area contributed by atoms with Gasteiger partial charge in [0, 0.05) is 0 Å². The van der Waals surface area contributed by atoms with Gasteiger partial charge in [0.25, 0.3) is 0 Å². The molecule has 0 aliphatic rings. The van der Waals surface area contributed by atoms with Crippen LogP contribution in [-0.2, 0) is 13.6 Å². The van der Waals surface area contributed by atoms with E-state index < -0.39 is 7.82 Å². The predicted molar refractivity (Wildman–Crippen MR) is 59.7 cm³/mol. The van der Waals surface area contributed by atoms with Crippen molar-refractivity contribution < 1.29 is 18.5 Å². The molecule has 0 radical (unpaired) electrons. The summed E-state index contributed by atoms with van der Waals surface area (Å²) in [4.78, 5) is 9.02. The summed E-state index contributed by atoms with van der Waals surface area (Å²) in [5.74, 6) is 0.887. The number of phosphoric acid groups is 1. The number of hydrogen-bond acceptors (Lipinski definition) is 4. The third kappa shape index (κ3) is 9.03. The summed E-state index contributed by atoms with van der Waals surface area (Å²) >= 11 is 4.08. The van der Waals surface area contributed by atoms with E-state index in [1.165, 1.54) is 0 Å². The molecule has 86 valence electrons. The summed E-state index contributed by atoms with van der Waals surface area (Å²) < 4.78 is 20.3. The summed E-state index contributed by atoms with van der Waals surface area (Å²) in [6, 6.07) is 0. The highest BCUT2D eigenvalue weighted by Crippen LogP contribution is 2.42.